The minimum Gasteiger partial charge on any atom is -0.362 e. The third-order valence-corrected chi connectivity index (χ3v) is 4.49. The van der Waals surface area contributed by atoms with E-state index in [2.05, 4.69) is 32.4 Å². The van der Waals surface area contributed by atoms with Gasteiger partial charge in [-0.15, -0.1) is 11.3 Å². The van der Waals surface area contributed by atoms with Gasteiger partial charge >= 0.3 is 0 Å². The second kappa shape index (κ2) is 6.03. The van der Waals surface area contributed by atoms with Gasteiger partial charge in [0.2, 0.25) is 0 Å². The molecule has 0 aliphatic heterocycles. The van der Waals surface area contributed by atoms with Crippen LogP contribution in [0.1, 0.15) is 27.3 Å². The minimum atomic E-state index is 0.165. The molecule has 2 aromatic rings. The van der Waals surface area contributed by atoms with Gasteiger partial charge < -0.3 is 4.98 Å². The Morgan fingerprint density at radius 1 is 1.42 bits per heavy atom. The smallest absolute Gasteiger partial charge is 0.178 e. The molecular weight excluding hydrogens is 324 g/mol. The van der Waals surface area contributed by atoms with Gasteiger partial charge in [-0.2, -0.15) is 0 Å². The number of halogens is 1. The lowest BCUT2D eigenvalue weighted by atomic mass is 10.1. The zero-order chi connectivity index (χ0) is 14.0. The monoisotopic (exact) mass is 340 g/mol. The lowest BCUT2D eigenvalue weighted by Gasteiger charge is -2.14. The van der Waals surface area contributed by atoms with E-state index < -0.39 is 0 Å². The number of carbonyl (C=O) groups excluding carboxylic acids is 1. The molecule has 1 N–H and O–H groups in total. The van der Waals surface area contributed by atoms with Gasteiger partial charge in [0, 0.05) is 23.5 Å². The SMILES string of the molecule is Cc1cc(C(=O)CN(C)Cc2csc(Br)c2)c(C)[nH]1. The highest BCUT2D eigenvalue weighted by molar-refractivity contribution is 9.11. The van der Waals surface area contributed by atoms with Crippen molar-refractivity contribution in [2.45, 2.75) is 20.4 Å². The topological polar surface area (TPSA) is 36.1 Å². The third kappa shape index (κ3) is 3.78. The van der Waals surface area contributed by atoms with Crippen LogP contribution >= 0.6 is 27.3 Å². The Morgan fingerprint density at radius 2 is 2.16 bits per heavy atom. The predicted octanol–water partition coefficient (Wildman–Crippen LogP) is 3.77. The number of ketones is 1. The maximum atomic E-state index is 12.2. The summed E-state index contributed by atoms with van der Waals surface area (Å²) in [5.74, 6) is 0.165. The van der Waals surface area contributed by atoms with Gasteiger partial charge in [0.1, 0.15) is 0 Å². The van der Waals surface area contributed by atoms with Crippen LogP contribution in [0.15, 0.2) is 21.3 Å². The fourth-order valence-corrected chi connectivity index (χ4v) is 3.34. The fourth-order valence-electron chi connectivity index (χ4n) is 2.14. The lowest BCUT2D eigenvalue weighted by Crippen LogP contribution is -2.25. The van der Waals surface area contributed by atoms with Gasteiger partial charge in [-0.3, -0.25) is 9.69 Å². The molecule has 0 amide bonds. The number of Topliss-reactive ketones (excluding diaryl/α,β-unsaturated/α-hetero) is 1. The maximum absolute atomic E-state index is 12.2. The van der Waals surface area contributed by atoms with Crippen molar-refractivity contribution in [1.29, 1.82) is 0 Å². The highest BCUT2D eigenvalue weighted by Crippen LogP contribution is 2.21. The van der Waals surface area contributed by atoms with Crippen molar-refractivity contribution in [3.05, 3.63) is 43.8 Å². The normalized spacial score (nSPS) is 11.2. The first-order chi connectivity index (χ1) is 8.95. The van der Waals surface area contributed by atoms with Crippen LogP contribution in [-0.4, -0.2) is 29.3 Å². The Labute approximate surface area is 125 Å². The van der Waals surface area contributed by atoms with Gasteiger partial charge in [0.15, 0.2) is 5.78 Å². The van der Waals surface area contributed by atoms with E-state index in [0.717, 1.165) is 27.3 Å². The van der Waals surface area contributed by atoms with E-state index in [0.29, 0.717) is 6.54 Å². The number of likely N-dealkylation sites (N-methyl/N-ethyl adjacent to an activating group) is 1. The molecule has 0 bridgehead atoms. The molecule has 0 unspecified atom stereocenters. The van der Waals surface area contributed by atoms with Gasteiger partial charge in [-0.05, 0) is 59.9 Å². The molecule has 3 nitrogen and oxygen atoms in total. The van der Waals surface area contributed by atoms with Crippen LogP contribution in [0.5, 0.6) is 0 Å². The van der Waals surface area contributed by atoms with E-state index in [1.165, 1.54) is 5.56 Å². The highest BCUT2D eigenvalue weighted by atomic mass is 79.9. The molecule has 0 saturated carbocycles. The first kappa shape index (κ1) is 14.5. The number of nitrogens with zero attached hydrogens (tertiary/aromatic N) is 1. The summed E-state index contributed by atoms with van der Waals surface area (Å²) < 4.78 is 1.12. The number of H-pyrrole nitrogens is 1. The Balaban J connectivity index is 1.97. The van der Waals surface area contributed by atoms with Gasteiger partial charge in [-0.25, -0.2) is 0 Å². The molecule has 0 radical (unpaired) electrons. The largest absolute Gasteiger partial charge is 0.362 e. The molecule has 102 valence electrons. The Morgan fingerprint density at radius 3 is 2.68 bits per heavy atom. The molecule has 0 aromatic carbocycles. The Kier molecular flexibility index (Phi) is 4.60. The Bertz CT molecular complexity index is 588. The summed E-state index contributed by atoms with van der Waals surface area (Å²) in [4.78, 5) is 17.4. The van der Waals surface area contributed by atoms with Crippen molar-refractivity contribution in [2.75, 3.05) is 13.6 Å². The van der Waals surface area contributed by atoms with Crippen LogP contribution < -0.4 is 0 Å². The zero-order valence-corrected chi connectivity index (χ0v) is 13.7. The number of nitrogens with one attached hydrogen (secondary N) is 1. The van der Waals surface area contributed by atoms with E-state index >= 15 is 0 Å². The van der Waals surface area contributed by atoms with Crippen LogP contribution in [0.4, 0.5) is 0 Å². The highest BCUT2D eigenvalue weighted by Gasteiger charge is 2.14. The lowest BCUT2D eigenvalue weighted by molar-refractivity contribution is 0.0942. The molecule has 0 aliphatic carbocycles. The Hall–Kier alpha value is -0.910. The number of aromatic nitrogens is 1. The van der Waals surface area contributed by atoms with Crippen molar-refractivity contribution in [3.63, 3.8) is 0 Å². The van der Waals surface area contributed by atoms with Crippen molar-refractivity contribution < 1.29 is 4.79 Å². The second-order valence-corrected chi connectivity index (χ2v) is 7.14. The van der Waals surface area contributed by atoms with Crippen LogP contribution in [0.2, 0.25) is 0 Å². The van der Waals surface area contributed by atoms with Crippen LogP contribution in [-0.2, 0) is 6.54 Å². The average molecular weight is 341 g/mol. The molecule has 0 fully saturated rings. The summed E-state index contributed by atoms with van der Waals surface area (Å²) >= 11 is 5.12. The van der Waals surface area contributed by atoms with Crippen molar-refractivity contribution >= 4 is 33.0 Å². The summed E-state index contributed by atoms with van der Waals surface area (Å²) in [7, 11) is 1.97. The summed E-state index contributed by atoms with van der Waals surface area (Å²) in [5, 5.41) is 2.11. The first-order valence-electron chi connectivity index (χ1n) is 6.06. The first-order valence-corrected chi connectivity index (χ1v) is 7.74. The molecule has 0 atom stereocenters. The van der Waals surface area contributed by atoms with Gasteiger partial charge in [0.05, 0.1) is 10.3 Å². The van der Waals surface area contributed by atoms with E-state index in [1.807, 2.05) is 31.9 Å². The molecule has 0 aliphatic rings. The molecular formula is C14H17BrN2OS. The maximum Gasteiger partial charge on any atom is 0.178 e. The number of hydrogen-bond acceptors (Lipinski definition) is 3. The fraction of sp³-hybridized carbons (Fsp3) is 0.357. The predicted molar refractivity (Wildman–Crippen MR) is 83.0 cm³/mol. The van der Waals surface area contributed by atoms with Crippen LogP contribution in [0.3, 0.4) is 0 Å². The van der Waals surface area contributed by atoms with E-state index in [-0.39, 0.29) is 5.78 Å². The molecule has 2 heterocycles. The summed E-state index contributed by atoms with van der Waals surface area (Å²) in [6.07, 6.45) is 0. The summed E-state index contributed by atoms with van der Waals surface area (Å²) in [6.45, 7) is 5.13. The molecule has 2 aromatic heterocycles. The van der Waals surface area contributed by atoms with Gasteiger partial charge in [-0.1, -0.05) is 0 Å². The molecule has 0 spiro atoms. The number of hydrogen-bond donors (Lipinski definition) is 1. The average Bonchev–Trinajstić information content (AvgIpc) is 2.84. The van der Waals surface area contributed by atoms with E-state index in [9.17, 15) is 4.79 Å². The molecule has 0 saturated heterocycles. The van der Waals surface area contributed by atoms with Crippen molar-refractivity contribution in [1.82, 2.24) is 9.88 Å². The second-order valence-electron chi connectivity index (χ2n) is 4.85. The van der Waals surface area contributed by atoms with E-state index in [4.69, 9.17) is 0 Å². The number of thiophene rings is 1. The molecule has 2 rings (SSSR count). The summed E-state index contributed by atoms with van der Waals surface area (Å²) in [6, 6.07) is 4.02. The third-order valence-electron chi connectivity index (χ3n) is 2.94. The van der Waals surface area contributed by atoms with Crippen molar-refractivity contribution in [2.24, 2.45) is 0 Å². The molecule has 19 heavy (non-hydrogen) atoms. The minimum absolute atomic E-state index is 0.165. The number of carbonyl (C=O) groups is 1. The van der Waals surface area contributed by atoms with E-state index in [1.54, 1.807) is 11.3 Å². The summed E-state index contributed by atoms with van der Waals surface area (Å²) in [5.41, 5.74) is 4.02. The number of aromatic amines is 1. The zero-order valence-electron chi connectivity index (χ0n) is 11.3. The van der Waals surface area contributed by atoms with Gasteiger partial charge in [0.25, 0.3) is 0 Å². The number of aryl methyl sites for hydroxylation is 2. The molecule has 5 heteroatoms. The van der Waals surface area contributed by atoms with Crippen molar-refractivity contribution in [3.8, 4) is 0 Å². The van der Waals surface area contributed by atoms with Crippen LogP contribution in [0.25, 0.3) is 0 Å². The van der Waals surface area contributed by atoms with Crippen LogP contribution in [0, 0.1) is 13.8 Å². The number of rotatable bonds is 5. The quantitative estimate of drug-likeness (QED) is 0.841. The standard InChI is InChI=1S/C14H17BrN2OS/c1-9-4-12(10(2)16-9)13(18)7-17(3)6-11-5-14(15)19-8-11/h4-5,8,16H,6-7H2,1-3H3.